The SMILES string of the molecule is Cl.O=C(NCC1CNCC1O)c1ccc(F)cc1F. The second-order valence-electron chi connectivity index (χ2n) is 4.32. The van der Waals surface area contributed by atoms with Crippen molar-refractivity contribution in [3.8, 4) is 0 Å². The number of halogens is 3. The van der Waals surface area contributed by atoms with E-state index in [1.54, 1.807) is 0 Å². The van der Waals surface area contributed by atoms with E-state index in [9.17, 15) is 18.7 Å². The van der Waals surface area contributed by atoms with Gasteiger partial charge in [0.2, 0.25) is 0 Å². The molecule has 1 aliphatic rings. The fourth-order valence-corrected chi connectivity index (χ4v) is 1.92. The van der Waals surface area contributed by atoms with Gasteiger partial charge in [-0.05, 0) is 12.1 Å². The molecule has 0 bridgehead atoms. The third kappa shape index (κ3) is 3.86. The van der Waals surface area contributed by atoms with E-state index in [1.807, 2.05) is 0 Å². The minimum Gasteiger partial charge on any atom is -0.391 e. The molecule has 0 aliphatic carbocycles. The van der Waals surface area contributed by atoms with E-state index in [1.165, 1.54) is 0 Å². The first-order chi connectivity index (χ1) is 8.58. The van der Waals surface area contributed by atoms with Crippen LogP contribution in [-0.2, 0) is 0 Å². The first-order valence-corrected chi connectivity index (χ1v) is 5.70. The zero-order valence-corrected chi connectivity index (χ0v) is 10.8. The number of amides is 1. The number of benzene rings is 1. The topological polar surface area (TPSA) is 61.4 Å². The molecule has 1 aromatic rings. The Balaban J connectivity index is 0.00000180. The second-order valence-corrected chi connectivity index (χ2v) is 4.32. The highest BCUT2D eigenvalue weighted by Crippen LogP contribution is 2.11. The number of aliphatic hydroxyl groups is 1. The van der Waals surface area contributed by atoms with E-state index in [0.717, 1.165) is 12.1 Å². The molecule has 2 unspecified atom stereocenters. The number of hydrogen-bond acceptors (Lipinski definition) is 3. The molecule has 2 rings (SSSR count). The Labute approximate surface area is 115 Å². The van der Waals surface area contributed by atoms with Crippen LogP contribution in [0.1, 0.15) is 10.4 Å². The van der Waals surface area contributed by atoms with E-state index < -0.39 is 23.6 Å². The fourth-order valence-electron chi connectivity index (χ4n) is 1.92. The largest absolute Gasteiger partial charge is 0.391 e. The highest BCUT2D eigenvalue weighted by molar-refractivity contribution is 5.94. The molecule has 1 aromatic carbocycles. The zero-order chi connectivity index (χ0) is 13.1. The highest BCUT2D eigenvalue weighted by Gasteiger charge is 2.25. The molecule has 7 heteroatoms. The monoisotopic (exact) mass is 292 g/mol. The Morgan fingerprint density at radius 2 is 2.16 bits per heavy atom. The number of carbonyl (C=O) groups is 1. The van der Waals surface area contributed by atoms with Crippen LogP contribution < -0.4 is 10.6 Å². The maximum atomic E-state index is 13.3. The predicted octanol–water partition coefficient (Wildman–Crippen LogP) is 0.697. The Kier molecular flexibility index (Phi) is 5.65. The van der Waals surface area contributed by atoms with Crippen LogP contribution in [0.25, 0.3) is 0 Å². The van der Waals surface area contributed by atoms with E-state index in [2.05, 4.69) is 10.6 Å². The van der Waals surface area contributed by atoms with Crippen LogP contribution in [0.4, 0.5) is 8.78 Å². The Morgan fingerprint density at radius 3 is 2.74 bits per heavy atom. The van der Waals surface area contributed by atoms with Crippen LogP contribution in [0.15, 0.2) is 18.2 Å². The molecule has 1 amide bonds. The fraction of sp³-hybridized carbons (Fsp3) is 0.417. The lowest BCUT2D eigenvalue weighted by atomic mass is 10.1. The summed E-state index contributed by atoms with van der Waals surface area (Å²) < 4.78 is 26.0. The molecule has 1 saturated heterocycles. The Hall–Kier alpha value is -1.24. The molecule has 0 aromatic heterocycles. The summed E-state index contributed by atoms with van der Waals surface area (Å²) in [6, 6.07) is 2.80. The van der Waals surface area contributed by atoms with Crippen LogP contribution >= 0.6 is 12.4 Å². The van der Waals surface area contributed by atoms with Gasteiger partial charge in [0, 0.05) is 31.6 Å². The number of hydrogen-bond donors (Lipinski definition) is 3. The van der Waals surface area contributed by atoms with Gasteiger partial charge in [-0.1, -0.05) is 0 Å². The lowest BCUT2D eigenvalue weighted by molar-refractivity contribution is 0.0923. The average molecular weight is 293 g/mol. The van der Waals surface area contributed by atoms with Crippen LogP contribution in [0.3, 0.4) is 0 Å². The van der Waals surface area contributed by atoms with Crippen molar-refractivity contribution in [3.05, 3.63) is 35.4 Å². The molecule has 4 nitrogen and oxygen atoms in total. The molecule has 2 atom stereocenters. The van der Waals surface area contributed by atoms with Crippen LogP contribution in [-0.4, -0.2) is 36.8 Å². The van der Waals surface area contributed by atoms with Crippen LogP contribution in [0.2, 0.25) is 0 Å². The van der Waals surface area contributed by atoms with E-state index in [0.29, 0.717) is 19.2 Å². The lowest BCUT2D eigenvalue weighted by Gasteiger charge is -2.14. The molecule has 3 N–H and O–H groups in total. The van der Waals surface area contributed by atoms with Crippen molar-refractivity contribution in [2.45, 2.75) is 6.10 Å². The van der Waals surface area contributed by atoms with Crippen LogP contribution in [0.5, 0.6) is 0 Å². The summed E-state index contributed by atoms with van der Waals surface area (Å²) in [6.07, 6.45) is -0.511. The number of rotatable bonds is 3. The van der Waals surface area contributed by atoms with Gasteiger partial charge in [0.05, 0.1) is 11.7 Å². The van der Waals surface area contributed by atoms with Crippen molar-refractivity contribution in [2.75, 3.05) is 19.6 Å². The molecule has 19 heavy (non-hydrogen) atoms. The van der Waals surface area contributed by atoms with Gasteiger partial charge in [-0.15, -0.1) is 12.4 Å². The number of nitrogens with one attached hydrogen (secondary N) is 2. The van der Waals surface area contributed by atoms with E-state index in [4.69, 9.17) is 0 Å². The van der Waals surface area contributed by atoms with Gasteiger partial charge in [-0.25, -0.2) is 8.78 Å². The maximum Gasteiger partial charge on any atom is 0.254 e. The highest BCUT2D eigenvalue weighted by atomic mass is 35.5. The van der Waals surface area contributed by atoms with Crippen molar-refractivity contribution < 1.29 is 18.7 Å². The summed E-state index contributed by atoms with van der Waals surface area (Å²) in [7, 11) is 0. The molecule has 0 saturated carbocycles. The summed E-state index contributed by atoms with van der Waals surface area (Å²) in [5.74, 6) is -2.30. The lowest BCUT2D eigenvalue weighted by Crippen LogP contribution is -2.34. The first-order valence-electron chi connectivity index (χ1n) is 5.70. The molecule has 0 spiro atoms. The van der Waals surface area contributed by atoms with Crippen molar-refractivity contribution in [3.63, 3.8) is 0 Å². The molecule has 0 radical (unpaired) electrons. The van der Waals surface area contributed by atoms with Gasteiger partial charge in [0.15, 0.2) is 0 Å². The normalized spacial score (nSPS) is 21.8. The standard InChI is InChI=1S/C12H14F2N2O2.ClH/c13-8-1-2-9(10(14)3-8)12(18)16-5-7-4-15-6-11(7)17;/h1-3,7,11,15,17H,4-6H2,(H,16,18);1H. The quantitative estimate of drug-likeness (QED) is 0.768. The summed E-state index contributed by atoms with van der Waals surface area (Å²) in [5, 5.41) is 15.0. The van der Waals surface area contributed by atoms with Gasteiger partial charge >= 0.3 is 0 Å². The van der Waals surface area contributed by atoms with Gasteiger partial charge < -0.3 is 15.7 Å². The van der Waals surface area contributed by atoms with E-state index in [-0.39, 0.29) is 30.4 Å². The van der Waals surface area contributed by atoms with Crippen molar-refractivity contribution in [1.29, 1.82) is 0 Å². The van der Waals surface area contributed by atoms with Crippen LogP contribution in [0, 0.1) is 17.6 Å². The molecular weight excluding hydrogens is 278 g/mol. The summed E-state index contributed by atoms with van der Waals surface area (Å²) in [6.45, 7) is 1.35. The van der Waals surface area contributed by atoms with Gasteiger partial charge in [-0.2, -0.15) is 0 Å². The summed E-state index contributed by atoms with van der Waals surface area (Å²) in [5.41, 5.74) is -0.197. The molecule has 1 fully saturated rings. The van der Waals surface area contributed by atoms with Crippen molar-refractivity contribution >= 4 is 18.3 Å². The first kappa shape index (κ1) is 15.8. The Morgan fingerprint density at radius 1 is 1.42 bits per heavy atom. The zero-order valence-electron chi connectivity index (χ0n) is 10.0. The van der Waals surface area contributed by atoms with Crippen molar-refractivity contribution in [1.82, 2.24) is 10.6 Å². The van der Waals surface area contributed by atoms with Gasteiger partial charge in [0.1, 0.15) is 11.6 Å². The number of carbonyl (C=O) groups excluding carboxylic acids is 1. The molecule has 106 valence electrons. The summed E-state index contributed by atoms with van der Waals surface area (Å²) in [4.78, 5) is 11.7. The van der Waals surface area contributed by atoms with Crippen molar-refractivity contribution in [2.24, 2.45) is 5.92 Å². The molecule has 1 heterocycles. The number of aliphatic hydroxyl groups excluding tert-OH is 1. The minimum atomic E-state index is -0.891. The smallest absolute Gasteiger partial charge is 0.254 e. The number of β-amino-alcohol motifs (C(OH)–C–C–N with tert-alkyl or cyclic N) is 1. The molecule has 1 aliphatic heterocycles. The third-order valence-electron chi connectivity index (χ3n) is 3.00. The third-order valence-corrected chi connectivity index (χ3v) is 3.00. The maximum absolute atomic E-state index is 13.3. The molecular formula is C12H15ClF2N2O2. The van der Waals surface area contributed by atoms with Gasteiger partial charge in [0.25, 0.3) is 5.91 Å². The summed E-state index contributed by atoms with van der Waals surface area (Å²) >= 11 is 0. The second kappa shape index (κ2) is 6.79. The minimum absolute atomic E-state index is 0. The Bertz CT molecular complexity index is 459. The predicted molar refractivity (Wildman–Crippen MR) is 68.3 cm³/mol. The van der Waals surface area contributed by atoms with E-state index >= 15 is 0 Å². The average Bonchev–Trinajstić information content (AvgIpc) is 2.72. The van der Waals surface area contributed by atoms with Gasteiger partial charge in [-0.3, -0.25) is 4.79 Å².